The Morgan fingerprint density at radius 3 is 2.67 bits per heavy atom. The fourth-order valence-corrected chi connectivity index (χ4v) is 3.90. The molecule has 1 aromatic carbocycles. The van der Waals surface area contributed by atoms with Crippen LogP contribution in [0.2, 0.25) is 0 Å². The Kier molecular flexibility index (Phi) is 6.46. The van der Waals surface area contributed by atoms with E-state index in [2.05, 4.69) is 25.3 Å². The molecule has 184 valence electrons. The van der Waals surface area contributed by atoms with Crippen LogP contribution in [0.15, 0.2) is 55.0 Å². The summed E-state index contributed by atoms with van der Waals surface area (Å²) in [6.07, 6.45) is 4.93. The van der Waals surface area contributed by atoms with Gasteiger partial charge in [-0.2, -0.15) is 0 Å². The zero-order valence-electron chi connectivity index (χ0n) is 19.7. The molecule has 0 saturated carbocycles. The highest BCUT2D eigenvalue weighted by molar-refractivity contribution is 5.94. The highest BCUT2D eigenvalue weighted by Crippen LogP contribution is 2.33. The van der Waals surface area contributed by atoms with E-state index in [9.17, 15) is 9.59 Å². The topological polar surface area (TPSA) is 129 Å². The van der Waals surface area contributed by atoms with E-state index < -0.39 is 6.09 Å². The number of amides is 2. The summed E-state index contributed by atoms with van der Waals surface area (Å²) in [7, 11) is 2.88. The van der Waals surface area contributed by atoms with Gasteiger partial charge in [-0.05, 0) is 29.8 Å². The SMILES string of the molecule is CNC(=O)c1cncc(-c2cnc3cc(-c4ccc(NC(=O)OC)cc4)c(O[C@H]4CCOC4)nn23)c1. The molecule has 1 atom stereocenters. The predicted octanol–water partition coefficient (Wildman–Crippen LogP) is 3.16. The van der Waals surface area contributed by atoms with Gasteiger partial charge in [-0.1, -0.05) is 12.1 Å². The van der Waals surface area contributed by atoms with Gasteiger partial charge in [0, 0.05) is 42.7 Å². The lowest BCUT2D eigenvalue weighted by Crippen LogP contribution is -2.18. The average Bonchev–Trinajstić information content (AvgIpc) is 3.58. The third-order valence-corrected chi connectivity index (χ3v) is 5.78. The number of methoxy groups -OCH3 is 1. The van der Waals surface area contributed by atoms with Gasteiger partial charge in [0.05, 0.1) is 37.8 Å². The van der Waals surface area contributed by atoms with Crippen LogP contribution in [-0.4, -0.2) is 65.1 Å². The first-order valence-corrected chi connectivity index (χ1v) is 11.3. The summed E-state index contributed by atoms with van der Waals surface area (Å²) in [4.78, 5) is 32.3. The Labute approximate surface area is 206 Å². The molecule has 11 heteroatoms. The fourth-order valence-electron chi connectivity index (χ4n) is 3.90. The van der Waals surface area contributed by atoms with Crippen LogP contribution in [0.5, 0.6) is 5.88 Å². The lowest BCUT2D eigenvalue weighted by molar-refractivity contribution is 0.0962. The molecule has 5 rings (SSSR count). The number of nitrogens with one attached hydrogen (secondary N) is 2. The van der Waals surface area contributed by atoms with Crippen molar-refractivity contribution in [3.05, 3.63) is 60.6 Å². The molecule has 0 spiro atoms. The predicted molar refractivity (Wildman–Crippen MR) is 131 cm³/mol. The number of ether oxygens (including phenoxy) is 3. The number of imidazole rings is 1. The van der Waals surface area contributed by atoms with Crippen molar-refractivity contribution < 1.29 is 23.8 Å². The Morgan fingerprint density at radius 2 is 1.94 bits per heavy atom. The van der Waals surface area contributed by atoms with E-state index in [0.29, 0.717) is 47.2 Å². The number of nitrogens with zero attached hydrogens (tertiary/aromatic N) is 4. The summed E-state index contributed by atoms with van der Waals surface area (Å²) < 4.78 is 18.1. The van der Waals surface area contributed by atoms with E-state index >= 15 is 0 Å². The van der Waals surface area contributed by atoms with Crippen LogP contribution in [0.25, 0.3) is 28.0 Å². The lowest BCUT2D eigenvalue weighted by atomic mass is 10.1. The van der Waals surface area contributed by atoms with Crippen LogP contribution in [0.3, 0.4) is 0 Å². The van der Waals surface area contributed by atoms with Gasteiger partial charge in [-0.25, -0.2) is 14.3 Å². The number of rotatable bonds is 6. The Morgan fingerprint density at radius 1 is 1.11 bits per heavy atom. The third kappa shape index (κ3) is 4.68. The maximum absolute atomic E-state index is 12.1. The number of hydrogen-bond donors (Lipinski definition) is 2. The maximum atomic E-state index is 12.1. The summed E-state index contributed by atoms with van der Waals surface area (Å²) in [5, 5.41) is 10.0. The minimum atomic E-state index is -0.545. The molecule has 0 unspecified atom stereocenters. The zero-order valence-corrected chi connectivity index (χ0v) is 19.7. The number of benzene rings is 1. The molecule has 4 aromatic rings. The minimum absolute atomic E-state index is 0.126. The summed E-state index contributed by atoms with van der Waals surface area (Å²) in [5.74, 6) is 0.185. The van der Waals surface area contributed by atoms with Crippen molar-refractivity contribution in [2.45, 2.75) is 12.5 Å². The Hall–Kier alpha value is -4.51. The van der Waals surface area contributed by atoms with Crippen LogP contribution in [0, 0.1) is 0 Å². The molecular weight excluding hydrogens is 464 g/mol. The molecule has 1 aliphatic heterocycles. The number of anilines is 1. The Bertz CT molecular complexity index is 1410. The standard InChI is InChI=1S/C25H24N6O5/c1-26-23(32)17-9-16(11-27-12-17)21-13-28-22-10-20(15-3-5-18(6-4-15)29-25(33)34-2)24(30-31(21)22)36-19-7-8-35-14-19/h3-6,9-13,19H,7-8,14H2,1-2H3,(H,26,32)(H,29,33)/t19-/m0/s1. The molecule has 11 nitrogen and oxygen atoms in total. The van der Waals surface area contributed by atoms with E-state index in [1.165, 1.54) is 13.3 Å². The first kappa shape index (κ1) is 23.2. The summed E-state index contributed by atoms with van der Waals surface area (Å²) >= 11 is 0. The van der Waals surface area contributed by atoms with Crippen LogP contribution in [0.1, 0.15) is 16.8 Å². The van der Waals surface area contributed by atoms with E-state index in [0.717, 1.165) is 17.5 Å². The number of aromatic nitrogens is 4. The molecular formula is C25H24N6O5. The van der Waals surface area contributed by atoms with Crippen molar-refractivity contribution in [1.82, 2.24) is 24.9 Å². The van der Waals surface area contributed by atoms with Gasteiger partial charge >= 0.3 is 6.09 Å². The highest BCUT2D eigenvalue weighted by Gasteiger charge is 2.22. The monoisotopic (exact) mass is 488 g/mol. The van der Waals surface area contributed by atoms with Crippen molar-refractivity contribution >= 4 is 23.3 Å². The second-order valence-corrected chi connectivity index (χ2v) is 8.12. The van der Waals surface area contributed by atoms with Gasteiger partial charge in [0.25, 0.3) is 5.91 Å². The lowest BCUT2D eigenvalue weighted by Gasteiger charge is -2.16. The van der Waals surface area contributed by atoms with Crippen LogP contribution in [0.4, 0.5) is 10.5 Å². The normalized spacial score (nSPS) is 15.0. The zero-order chi connectivity index (χ0) is 25.1. The largest absolute Gasteiger partial charge is 0.470 e. The number of carbonyl (C=O) groups is 2. The van der Waals surface area contributed by atoms with E-state index in [4.69, 9.17) is 14.6 Å². The average molecular weight is 489 g/mol. The van der Waals surface area contributed by atoms with Gasteiger partial charge in [-0.3, -0.25) is 15.1 Å². The number of hydrogen-bond acceptors (Lipinski definition) is 8. The highest BCUT2D eigenvalue weighted by atomic mass is 16.6. The molecule has 1 aliphatic rings. The first-order chi connectivity index (χ1) is 17.6. The van der Waals surface area contributed by atoms with E-state index in [1.54, 1.807) is 42.2 Å². The van der Waals surface area contributed by atoms with Crippen LogP contribution >= 0.6 is 0 Å². The Balaban J connectivity index is 1.57. The molecule has 0 radical (unpaired) electrons. The van der Waals surface area contributed by atoms with Gasteiger partial charge < -0.3 is 19.5 Å². The third-order valence-electron chi connectivity index (χ3n) is 5.78. The van der Waals surface area contributed by atoms with E-state index in [1.807, 2.05) is 18.2 Å². The molecule has 2 amide bonds. The summed E-state index contributed by atoms with van der Waals surface area (Å²) in [5.41, 5.74) is 4.56. The number of fused-ring (bicyclic) bond motifs is 1. The van der Waals surface area contributed by atoms with Crippen LogP contribution < -0.4 is 15.4 Å². The molecule has 0 aliphatic carbocycles. The van der Waals surface area contributed by atoms with Crippen molar-refractivity contribution in [3.8, 4) is 28.3 Å². The second kappa shape index (κ2) is 10.0. The first-order valence-electron chi connectivity index (χ1n) is 11.3. The van der Waals surface area contributed by atoms with Gasteiger partial charge in [0.15, 0.2) is 5.65 Å². The van der Waals surface area contributed by atoms with Crippen molar-refractivity contribution in [2.75, 3.05) is 32.7 Å². The molecule has 36 heavy (non-hydrogen) atoms. The van der Waals surface area contributed by atoms with Crippen molar-refractivity contribution in [2.24, 2.45) is 0 Å². The summed E-state index contributed by atoms with van der Waals surface area (Å²) in [6, 6.07) is 10.9. The molecule has 1 fully saturated rings. The molecule has 4 heterocycles. The smallest absolute Gasteiger partial charge is 0.411 e. The van der Waals surface area contributed by atoms with Crippen molar-refractivity contribution in [3.63, 3.8) is 0 Å². The molecule has 0 bridgehead atoms. The van der Waals surface area contributed by atoms with E-state index in [-0.39, 0.29) is 12.0 Å². The van der Waals surface area contributed by atoms with Gasteiger partial charge in [-0.15, -0.1) is 5.10 Å². The molecule has 1 saturated heterocycles. The second-order valence-electron chi connectivity index (χ2n) is 8.12. The molecule has 2 N–H and O–H groups in total. The number of carbonyl (C=O) groups excluding carboxylic acids is 2. The maximum Gasteiger partial charge on any atom is 0.411 e. The van der Waals surface area contributed by atoms with Crippen LogP contribution in [-0.2, 0) is 9.47 Å². The van der Waals surface area contributed by atoms with Gasteiger partial charge in [0.2, 0.25) is 5.88 Å². The van der Waals surface area contributed by atoms with Crippen molar-refractivity contribution in [1.29, 1.82) is 0 Å². The molecule has 3 aromatic heterocycles. The fraction of sp³-hybridized carbons (Fsp3) is 0.240. The minimum Gasteiger partial charge on any atom is -0.470 e. The number of pyridine rings is 1. The summed E-state index contributed by atoms with van der Waals surface area (Å²) in [6.45, 7) is 1.11. The quantitative estimate of drug-likeness (QED) is 0.423. The van der Waals surface area contributed by atoms with Gasteiger partial charge in [0.1, 0.15) is 6.10 Å².